The zero-order chi connectivity index (χ0) is 50.8. The Balaban J connectivity index is 0.000000174. The quantitative estimate of drug-likeness (QED) is 0.102. The maximum Gasteiger partial charge on any atom is 0.244 e. The van der Waals surface area contributed by atoms with E-state index < -0.39 is 10.8 Å². The normalized spacial score (nSPS) is 11.9. The number of rotatable bonds is 10. The lowest BCUT2D eigenvalue weighted by atomic mass is 9.88. The van der Waals surface area contributed by atoms with Crippen LogP contribution in [0.15, 0.2) is 146 Å². The molecule has 2 unspecified atom stereocenters. The van der Waals surface area contributed by atoms with Gasteiger partial charge in [-0.15, -0.1) is 0 Å². The highest BCUT2D eigenvalue weighted by molar-refractivity contribution is 5.99. The Morgan fingerprint density at radius 2 is 0.829 bits per heavy atom. The number of carbonyl (C=O) groups excluding carboxylic acids is 4. The van der Waals surface area contributed by atoms with Gasteiger partial charge in [0.1, 0.15) is 10.8 Å². The summed E-state index contributed by atoms with van der Waals surface area (Å²) in [5, 5.41) is 33.1. The van der Waals surface area contributed by atoms with E-state index in [0.29, 0.717) is 17.8 Å². The first-order chi connectivity index (χ1) is 33.5. The number of hydrogen-bond donors (Lipinski definition) is 4. The predicted molar refractivity (Wildman–Crippen MR) is 279 cm³/mol. The molecule has 14 nitrogen and oxygen atoms in total. The molecule has 0 saturated heterocycles. The molecular formula is C56H58N10O4. The van der Waals surface area contributed by atoms with Crippen molar-refractivity contribution in [3.05, 3.63) is 146 Å². The molecule has 0 bridgehead atoms. The van der Waals surface area contributed by atoms with Gasteiger partial charge in [-0.1, -0.05) is 107 Å². The van der Waals surface area contributed by atoms with E-state index in [1.54, 1.807) is 45.6 Å². The van der Waals surface area contributed by atoms with Crippen LogP contribution in [-0.4, -0.2) is 43.6 Å². The number of nitrogens with one attached hydrogen (secondary N) is 4. The third kappa shape index (κ3) is 14.4. The van der Waals surface area contributed by atoms with Gasteiger partial charge in [0.15, 0.2) is 0 Å². The molecule has 4 N–H and O–H groups in total. The molecule has 0 aliphatic carbocycles. The van der Waals surface area contributed by atoms with Gasteiger partial charge < -0.3 is 21.3 Å². The smallest absolute Gasteiger partial charge is 0.244 e. The summed E-state index contributed by atoms with van der Waals surface area (Å²) in [6.07, 6.45) is 7.88. The molecule has 8 rings (SSSR count). The largest absolute Gasteiger partial charge is 0.324 e. The number of benzene rings is 4. The van der Waals surface area contributed by atoms with Crippen molar-refractivity contribution < 1.29 is 19.2 Å². The maximum atomic E-state index is 12.1. The second-order valence-electron chi connectivity index (χ2n) is 17.6. The molecular weight excluding hydrogens is 877 g/mol. The van der Waals surface area contributed by atoms with Gasteiger partial charge in [-0.25, -0.2) is 0 Å². The molecule has 0 spiro atoms. The van der Waals surface area contributed by atoms with E-state index in [4.69, 9.17) is 10.5 Å². The van der Waals surface area contributed by atoms with Crippen molar-refractivity contribution in [2.24, 2.45) is 22.7 Å². The number of pyridine rings is 4. The molecule has 8 aromatic rings. The fourth-order valence-electron chi connectivity index (χ4n) is 6.19. The number of aromatic nitrogens is 4. The lowest BCUT2D eigenvalue weighted by Crippen LogP contribution is -2.31. The van der Waals surface area contributed by atoms with Crippen LogP contribution in [0.3, 0.4) is 0 Å². The van der Waals surface area contributed by atoms with Gasteiger partial charge in [-0.05, 0) is 82.1 Å². The number of hydrogen-bond acceptors (Lipinski definition) is 10. The van der Waals surface area contributed by atoms with Crippen LogP contribution >= 0.6 is 0 Å². The topological polar surface area (TPSA) is 216 Å². The number of nitrogens with zero attached hydrogens (tertiary/aromatic N) is 6. The standard InChI is InChI=1S/C15H15N3O.C14H13N3O.C14H16N2O.C13H14N2O/c1-3-15(2,10-16)14(19)18-12-8-11-6-4-5-7-13(11)17-9-12;1-14(2,9-15)13(18)17-11-7-10-5-3-4-6-12(10)16-8-11;1-3-10(2)14(17)16-12-8-11-6-4-5-7-13(11)15-9-12;1-9(2)13(16)15-11-7-10-5-3-4-6-12(10)14-8-11/h4-9H,3H2,1-2H3,(H,18,19);3-8H,1-2H3,(H,17,18);4-10H,3H2,1-2H3,(H,16,17);3-9H,1-2H3,(H,15,16). The molecule has 70 heavy (non-hydrogen) atoms. The van der Waals surface area contributed by atoms with E-state index in [-0.39, 0.29) is 35.5 Å². The van der Waals surface area contributed by atoms with E-state index in [0.717, 1.165) is 61.4 Å². The molecule has 0 radical (unpaired) electrons. The van der Waals surface area contributed by atoms with Crippen molar-refractivity contribution in [3.63, 3.8) is 0 Å². The third-order valence-electron chi connectivity index (χ3n) is 11.3. The molecule has 0 aliphatic rings. The van der Waals surface area contributed by atoms with Crippen molar-refractivity contribution in [1.82, 2.24) is 19.9 Å². The first kappa shape index (κ1) is 52.4. The summed E-state index contributed by atoms with van der Waals surface area (Å²) in [6.45, 7) is 14.3. The molecule has 4 heterocycles. The van der Waals surface area contributed by atoms with E-state index in [2.05, 4.69) is 47.3 Å². The average Bonchev–Trinajstić information content (AvgIpc) is 3.38. The molecule has 4 amide bonds. The summed E-state index contributed by atoms with van der Waals surface area (Å²) in [7, 11) is 0. The third-order valence-corrected chi connectivity index (χ3v) is 11.3. The Bertz CT molecular complexity index is 3210. The number of nitriles is 2. The van der Waals surface area contributed by atoms with Crippen LogP contribution in [0.2, 0.25) is 0 Å². The van der Waals surface area contributed by atoms with Crippen LogP contribution in [0.1, 0.15) is 68.2 Å². The Labute approximate surface area is 408 Å². The lowest BCUT2D eigenvalue weighted by Gasteiger charge is -2.18. The number of para-hydroxylation sites is 4. The number of amides is 4. The minimum absolute atomic E-state index is 0.0112. The van der Waals surface area contributed by atoms with Crippen LogP contribution in [0.25, 0.3) is 43.6 Å². The van der Waals surface area contributed by atoms with Crippen molar-refractivity contribution in [1.29, 1.82) is 10.5 Å². The van der Waals surface area contributed by atoms with Gasteiger partial charge in [-0.2, -0.15) is 10.5 Å². The highest BCUT2D eigenvalue weighted by Gasteiger charge is 2.31. The van der Waals surface area contributed by atoms with E-state index in [9.17, 15) is 19.2 Å². The zero-order valence-corrected chi connectivity index (χ0v) is 40.7. The first-order valence-corrected chi connectivity index (χ1v) is 22.9. The maximum absolute atomic E-state index is 12.1. The molecule has 0 fully saturated rings. The van der Waals surface area contributed by atoms with Gasteiger partial charge in [-0.3, -0.25) is 39.1 Å². The van der Waals surface area contributed by atoms with Crippen molar-refractivity contribution >= 4 is 90.0 Å². The van der Waals surface area contributed by atoms with Gasteiger partial charge >= 0.3 is 0 Å². The summed E-state index contributed by atoms with van der Waals surface area (Å²) in [5.41, 5.74) is 4.28. The van der Waals surface area contributed by atoms with Crippen molar-refractivity contribution in [2.45, 2.75) is 68.2 Å². The zero-order valence-electron chi connectivity index (χ0n) is 40.7. The van der Waals surface area contributed by atoms with Gasteiger partial charge in [0.2, 0.25) is 23.6 Å². The Morgan fingerprint density at radius 3 is 1.14 bits per heavy atom. The van der Waals surface area contributed by atoms with Crippen LogP contribution in [0, 0.1) is 45.3 Å². The molecule has 0 aliphatic heterocycles. The van der Waals surface area contributed by atoms with Gasteiger partial charge in [0, 0.05) is 33.4 Å². The highest BCUT2D eigenvalue weighted by atomic mass is 16.2. The predicted octanol–water partition coefficient (Wildman–Crippen LogP) is 11.9. The van der Waals surface area contributed by atoms with Crippen LogP contribution in [0.4, 0.5) is 22.7 Å². The Hall–Kier alpha value is -8.62. The highest BCUT2D eigenvalue weighted by Crippen LogP contribution is 2.25. The van der Waals surface area contributed by atoms with E-state index in [1.165, 1.54) is 0 Å². The summed E-state index contributed by atoms with van der Waals surface area (Å²) >= 11 is 0. The van der Waals surface area contributed by atoms with Gasteiger partial charge in [0.25, 0.3) is 0 Å². The lowest BCUT2D eigenvalue weighted by molar-refractivity contribution is -0.122. The molecule has 14 heteroatoms. The summed E-state index contributed by atoms with van der Waals surface area (Å²) in [6, 6.07) is 42.6. The monoisotopic (exact) mass is 934 g/mol. The Kier molecular flexibility index (Phi) is 18.3. The van der Waals surface area contributed by atoms with Crippen LogP contribution in [0.5, 0.6) is 0 Å². The summed E-state index contributed by atoms with van der Waals surface area (Å²) in [4.78, 5) is 64.3. The average molecular weight is 935 g/mol. The minimum Gasteiger partial charge on any atom is -0.324 e. The fraction of sp³-hybridized carbons (Fsp3) is 0.250. The summed E-state index contributed by atoms with van der Waals surface area (Å²) in [5.74, 6) is -0.564. The first-order valence-electron chi connectivity index (χ1n) is 22.9. The summed E-state index contributed by atoms with van der Waals surface area (Å²) < 4.78 is 0. The van der Waals surface area contributed by atoms with Gasteiger partial charge in [0.05, 0.1) is 81.7 Å². The molecule has 4 aromatic carbocycles. The second kappa shape index (κ2) is 24.4. The van der Waals surface area contributed by atoms with Crippen LogP contribution < -0.4 is 21.3 Å². The minimum atomic E-state index is -1.05. The number of fused-ring (bicyclic) bond motifs is 4. The Morgan fingerprint density at radius 1 is 0.500 bits per heavy atom. The van der Waals surface area contributed by atoms with E-state index in [1.807, 2.05) is 162 Å². The van der Waals surface area contributed by atoms with Crippen molar-refractivity contribution in [2.75, 3.05) is 21.3 Å². The number of carbonyl (C=O) groups is 4. The van der Waals surface area contributed by atoms with E-state index >= 15 is 0 Å². The van der Waals surface area contributed by atoms with Crippen LogP contribution in [-0.2, 0) is 19.2 Å². The molecule has 4 aromatic heterocycles. The fourth-order valence-corrected chi connectivity index (χ4v) is 6.19. The molecule has 356 valence electrons. The molecule has 0 saturated carbocycles. The van der Waals surface area contributed by atoms with Crippen molar-refractivity contribution in [3.8, 4) is 12.1 Å². The SMILES string of the molecule is CC(C)(C#N)C(=O)Nc1cnc2ccccc2c1.CC(C)C(=O)Nc1cnc2ccccc2c1.CCC(C)(C#N)C(=O)Nc1cnc2ccccc2c1.CCC(C)C(=O)Nc1cnc2ccccc2c1. The number of anilines is 4. The second-order valence-corrected chi connectivity index (χ2v) is 17.6. The molecule has 2 atom stereocenters.